The third-order valence-corrected chi connectivity index (χ3v) is 4.70. The van der Waals surface area contributed by atoms with Crippen molar-refractivity contribution in [3.8, 4) is 0 Å². The van der Waals surface area contributed by atoms with E-state index in [1.807, 2.05) is 0 Å². The number of benzene rings is 1. The Morgan fingerprint density at radius 3 is 2.69 bits per heavy atom. The first-order valence-corrected chi connectivity index (χ1v) is 9.00. The van der Waals surface area contributed by atoms with E-state index in [9.17, 15) is 14.4 Å². The summed E-state index contributed by atoms with van der Waals surface area (Å²) in [6, 6.07) is 4.67. The zero-order valence-corrected chi connectivity index (χ0v) is 15.4. The minimum atomic E-state index is -0.372. The number of carbonyl (C=O) groups excluding carboxylic acids is 3. The lowest BCUT2D eigenvalue weighted by molar-refractivity contribution is -0.113. The normalized spacial score (nSPS) is 13.5. The van der Waals surface area contributed by atoms with Gasteiger partial charge < -0.3 is 5.32 Å². The molecule has 2 heterocycles. The monoisotopic (exact) mass is 374 g/mol. The van der Waals surface area contributed by atoms with Crippen LogP contribution >= 0.6 is 11.8 Å². The van der Waals surface area contributed by atoms with Crippen LogP contribution in [0.1, 0.15) is 34.6 Å². The molecule has 2 aromatic rings. The van der Waals surface area contributed by atoms with Crippen molar-refractivity contribution in [3.05, 3.63) is 29.3 Å². The van der Waals surface area contributed by atoms with E-state index in [0.29, 0.717) is 34.4 Å². The van der Waals surface area contributed by atoms with E-state index in [1.54, 1.807) is 16.8 Å². The summed E-state index contributed by atoms with van der Waals surface area (Å²) in [7, 11) is 1.43. The molecular formula is C16H18N6O3S. The van der Waals surface area contributed by atoms with E-state index in [-0.39, 0.29) is 23.5 Å². The molecule has 0 unspecified atom stereocenters. The van der Waals surface area contributed by atoms with Gasteiger partial charge in [0.15, 0.2) is 0 Å². The quantitative estimate of drug-likeness (QED) is 0.599. The van der Waals surface area contributed by atoms with E-state index < -0.39 is 0 Å². The molecular weight excluding hydrogens is 356 g/mol. The highest BCUT2D eigenvalue weighted by atomic mass is 32.2. The molecule has 0 saturated heterocycles. The van der Waals surface area contributed by atoms with Gasteiger partial charge in [-0.2, -0.15) is 0 Å². The highest BCUT2D eigenvalue weighted by Gasteiger charge is 2.32. The number of nitrogens with one attached hydrogen (secondary N) is 1. The van der Waals surface area contributed by atoms with Crippen molar-refractivity contribution in [3.63, 3.8) is 0 Å². The number of tetrazole rings is 1. The van der Waals surface area contributed by atoms with Crippen LogP contribution in [0.4, 0.5) is 5.69 Å². The van der Waals surface area contributed by atoms with Gasteiger partial charge in [-0.25, -0.2) is 4.68 Å². The van der Waals surface area contributed by atoms with Crippen molar-refractivity contribution >= 4 is 35.2 Å². The van der Waals surface area contributed by atoms with E-state index in [1.165, 1.54) is 24.9 Å². The van der Waals surface area contributed by atoms with Crippen molar-refractivity contribution in [2.24, 2.45) is 5.92 Å². The number of hydrogen-bond donors (Lipinski definition) is 1. The van der Waals surface area contributed by atoms with Gasteiger partial charge in [-0.05, 0) is 34.5 Å². The number of nitrogens with zero attached hydrogens (tertiary/aromatic N) is 5. The second-order valence-corrected chi connectivity index (χ2v) is 7.25. The summed E-state index contributed by atoms with van der Waals surface area (Å²) in [5.74, 6) is -0.447. The molecule has 9 nitrogen and oxygen atoms in total. The van der Waals surface area contributed by atoms with Gasteiger partial charge in [0.2, 0.25) is 11.1 Å². The molecule has 1 aliphatic heterocycles. The van der Waals surface area contributed by atoms with Gasteiger partial charge in [-0.3, -0.25) is 19.3 Å². The van der Waals surface area contributed by atoms with Crippen molar-refractivity contribution in [2.45, 2.75) is 25.5 Å². The summed E-state index contributed by atoms with van der Waals surface area (Å²) in [5.41, 5.74) is 1.11. The largest absolute Gasteiger partial charge is 0.325 e. The van der Waals surface area contributed by atoms with Gasteiger partial charge in [-0.15, -0.1) is 5.10 Å². The highest BCUT2D eigenvalue weighted by molar-refractivity contribution is 7.99. The van der Waals surface area contributed by atoms with E-state index in [2.05, 4.69) is 34.7 Å². The first kappa shape index (κ1) is 18.1. The predicted molar refractivity (Wildman–Crippen MR) is 94.9 cm³/mol. The van der Waals surface area contributed by atoms with Crippen LogP contribution in [-0.2, 0) is 11.3 Å². The second kappa shape index (κ2) is 7.24. The molecule has 1 aliphatic rings. The number of fused-ring (bicyclic) bond motifs is 1. The summed E-state index contributed by atoms with van der Waals surface area (Å²) in [6.07, 6.45) is 0. The first-order valence-electron chi connectivity index (χ1n) is 8.02. The van der Waals surface area contributed by atoms with Gasteiger partial charge >= 0.3 is 0 Å². The minimum Gasteiger partial charge on any atom is -0.325 e. The number of aromatic nitrogens is 4. The Hall–Kier alpha value is -2.75. The number of hydrogen-bond acceptors (Lipinski definition) is 7. The summed E-state index contributed by atoms with van der Waals surface area (Å²) in [4.78, 5) is 37.1. The lowest BCUT2D eigenvalue weighted by Gasteiger charge is -2.08. The van der Waals surface area contributed by atoms with Crippen molar-refractivity contribution in [1.82, 2.24) is 25.1 Å². The number of amides is 3. The third-order valence-electron chi connectivity index (χ3n) is 3.74. The van der Waals surface area contributed by atoms with Gasteiger partial charge in [0.25, 0.3) is 11.8 Å². The fraction of sp³-hybridized carbons (Fsp3) is 0.375. The Morgan fingerprint density at radius 1 is 1.23 bits per heavy atom. The van der Waals surface area contributed by atoms with Crippen LogP contribution in [0, 0.1) is 5.92 Å². The van der Waals surface area contributed by atoms with Gasteiger partial charge in [0.1, 0.15) is 0 Å². The molecule has 26 heavy (non-hydrogen) atoms. The average Bonchev–Trinajstić information content (AvgIpc) is 3.11. The number of carbonyl (C=O) groups is 3. The van der Waals surface area contributed by atoms with E-state index >= 15 is 0 Å². The Kier molecular flexibility index (Phi) is 5.03. The molecule has 0 radical (unpaired) electrons. The molecule has 1 N–H and O–H groups in total. The lowest BCUT2D eigenvalue weighted by Crippen LogP contribution is -2.24. The van der Waals surface area contributed by atoms with Crippen LogP contribution < -0.4 is 5.32 Å². The molecule has 0 aliphatic carbocycles. The standard InChI is InChI=1S/C16H18N6O3S/c1-9(2)7-22-16(18-19-20-22)26-8-13(23)17-10-4-5-11-12(6-10)15(25)21(3)14(11)24/h4-6,9H,7-8H2,1-3H3,(H,17,23). The predicted octanol–water partition coefficient (Wildman–Crippen LogP) is 1.29. The van der Waals surface area contributed by atoms with Crippen LogP contribution in [0.5, 0.6) is 0 Å². The van der Waals surface area contributed by atoms with Crippen LogP contribution in [0.25, 0.3) is 0 Å². The van der Waals surface area contributed by atoms with E-state index in [0.717, 1.165) is 4.90 Å². The molecule has 0 spiro atoms. The maximum Gasteiger partial charge on any atom is 0.261 e. The Bertz CT molecular complexity index is 879. The second-order valence-electron chi connectivity index (χ2n) is 6.30. The smallest absolute Gasteiger partial charge is 0.261 e. The Labute approximate surface area is 154 Å². The van der Waals surface area contributed by atoms with Crippen LogP contribution in [0.2, 0.25) is 0 Å². The molecule has 10 heteroatoms. The summed E-state index contributed by atoms with van der Waals surface area (Å²) < 4.78 is 1.66. The minimum absolute atomic E-state index is 0.127. The number of imide groups is 1. The average molecular weight is 374 g/mol. The summed E-state index contributed by atoms with van der Waals surface area (Å²) in [6.45, 7) is 4.78. The summed E-state index contributed by atoms with van der Waals surface area (Å²) >= 11 is 1.24. The number of rotatable bonds is 6. The molecule has 0 saturated carbocycles. The van der Waals surface area contributed by atoms with Crippen LogP contribution in [0.15, 0.2) is 23.4 Å². The first-order chi connectivity index (χ1) is 12.4. The van der Waals surface area contributed by atoms with Crippen molar-refractivity contribution < 1.29 is 14.4 Å². The Balaban J connectivity index is 1.62. The molecule has 1 aromatic carbocycles. The molecule has 3 rings (SSSR count). The molecule has 0 bridgehead atoms. The lowest BCUT2D eigenvalue weighted by atomic mass is 10.1. The summed E-state index contributed by atoms with van der Waals surface area (Å²) in [5, 5.41) is 14.8. The van der Waals surface area contributed by atoms with Gasteiger partial charge in [0, 0.05) is 19.3 Å². The number of anilines is 1. The fourth-order valence-electron chi connectivity index (χ4n) is 2.53. The maximum atomic E-state index is 12.2. The molecule has 3 amide bonds. The van der Waals surface area contributed by atoms with Crippen LogP contribution in [-0.4, -0.2) is 55.6 Å². The Morgan fingerprint density at radius 2 is 1.96 bits per heavy atom. The van der Waals surface area contributed by atoms with Crippen molar-refractivity contribution in [1.29, 1.82) is 0 Å². The topological polar surface area (TPSA) is 110 Å². The molecule has 1 aromatic heterocycles. The maximum absolute atomic E-state index is 12.2. The number of thioether (sulfide) groups is 1. The zero-order valence-electron chi connectivity index (χ0n) is 14.6. The molecule has 0 fully saturated rings. The van der Waals surface area contributed by atoms with Gasteiger partial charge in [0.05, 0.1) is 16.9 Å². The van der Waals surface area contributed by atoms with Crippen LogP contribution in [0.3, 0.4) is 0 Å². The highest BCUT2D eigenvalue weighted by Crippen LogP contribution is 2.25. The fourth-order valence-corrected chi connectivity index (χ4v) is 3.21. The SMILES string of the molecule is CC(C)Cn1nnnc1SCC(=O)Nc1ccc2c(c1)C(=O)N(C)C2=O. The molecule has 0 atom stereocenters. The van der Waals surface area contributed by atoms with E-state index in [4.69, 9.17) is 0 Å². The third kappa shape index (κ3) is 3.59. The van der Waals surface area contributed by atoms with Gasteiger partial charge in [-0.1, -0.05) is 25.6 Å². The zero-order chi connectivity index (χ0) is 18.8. The molecule has 136 valence electrons. The van der Waals surface area contributed by atoms with Crippen molar-refractivity contribution in [2.75, 3.05) is 18.1 Å².